The fourth-order valence-electron chi connectivity index (χ4n) is 1.52. The van der Waals surface area contributed by atoms with Crippen LogP contribution in [0.15, 0.2) is 0 Å². The second-order valence-electron chi connectivity index (χ2n) is 4.01. The first kappa shape index (κ1) is 13.1. The molecule has 13 heavy (non-hydrogen) atoms. The maximum absolute atomic E-state index is 4.71. The molecule has 0 spiro atoms. The van der Waals surface area contributed by atoms with Crippen LogP contribution in [0.2, 0.25) is 0 Å². The maximum Gasteiger partial charge on any atom is 0.0294 e. The Labute approximate surface area is 89.1 Å². The van der Waals surface area contributed by atoms with Crippen LogP contribution in [0.5, 0.6) is 0 Å². The summed E-state index contributed by atoms with van der Waals surface area (Å²) >= 11 is 4.71. The summed E-state index contributed by atoms with van der Waals surface area (Å²) in [4.78, 5) is 0. The van der Waals surface area contributed by atoms with E-state index in [4.69, 9.17) is 12.2 Å². The van der Waals surface area contributed by atoms with E-state index in [1.54, 1.807) is 0 Å². The Bertz CT molecular complexity index is 110. The van der Waals surface area contributed by atoms with Crippen molar-refractivity contribution in [3.63, 3.8) is 0 Å². The Hall–Kier alpha value is 0.0900. The molecule has 1 unspecified atom stereocenters. The molecular formula is C12H23S. The number of rotatable bonds is 9. The summed E-state index contributed by atoms with van der Waals surface area (Å²) in [5.74, 6) is 0.753. The molecule has 0 saturated heterocycles. The molecule has 1 heteroatoms. The van der Waals surface area contributed by atoms with Crippen molar-refractivity contribution in [2.75, 3.05) is 0 Å². The SMILES string of the molecule is CCCCCCCCC(C)C[C]=S. The van der Waals surface area contributed by atoms with Crippen LogP contribution in [0.25, 0.3) is 0 Å². The van der Waals surface area contributed by atoms with Gasteiger partial charge in [-0.05, 0) is 12.3 Å². The normalized spacial score (nSPS) is 12.8. The molecule has 77 valence electrons. The molecule has 0 amide bonds. The molecule has 0 aliphatic carbocycles. The van der Waals surface area contributed by atoms with E-state index in [9.17, 15) is 0 Å². The Morgan fingerprint density at radius 3 is 2.31 bits per heavy atom. The van der Waals surface area contributed by atoms with Gasteiger partial charge in [-0.2, -0.15) is 0 Å². The molecule has 0 aromatic heterocycles. The second-order valence-corrected chi connectivity index (χ2v) is 4.30. The van der Waals surface area contributed by atoms with Crippen LogP contribution in [-0.4, -0.2) is 5.37 Å². The average Bonchev–Trinajstić information content (AvgIpc) is 2.11. The lowest BCUT2D eigenvalue weighted by Crippen LogP contribution is -1.94. The minimum atomic E-state index is 0.753. The van der Waals surface area contributed by atoms with Crippen LogP contribution in [0.4, 0.5) is 0 Å². The summed E-state index contributed by atoms with van der Waals surface area (Å²) in [5.41, 5.74) is 0. The molecule has 0 aromatic carbocycles. The summed E-state index contributed by atoms with van der Waals surface area (Å²) in [6, 6.07) is 0. The summed E-state index contributed by atoms with van der Waals surface area (Å²) in [5, 5.41) is 2.81. The highest BCUT2D eigenvalue weighted by molar-refractivity contribution is 7.78. The van der Waals surface area contributed by atoms with E-state index in [0.717, 1.165) is 12.3 Å². The molecule has 0 bridgehead atoms. The van der Waals surface area contributed by atoms with E-state index in [2.05, 4.69) is 19.2 Å². The van der Waals surface area contributed by atoms with E-state index in [-0.39, 0.29) is 0 Å². The Morgan fingerprint density at radius 2 is 1.69 bits per heavy atom. The zero-order chi connectivity index (χ0) is 9.94. The number of thiocarbonyl (C=S) groups is 1. The lowest BCUT2D eigenvalue weighted by molar-refractivity contribution is 0.498. The van der Waals surface area contributed by atoms with Crippen molar-refractivity contribution in [2.24, 2.45) is 5.92 Å². The monoisotopic (exact) mass is 199 g/mol. The van der Waals surface area contributed by atoms with E-state index in [1.807, 2.05) is 0 Å². The number of hydrogen-bond acceptors (Lipinski definition) is 1. The fourth-order valence-corrected chi connectivity index (χ4v) is 1.80. The number of unbranched alkanes of at least 4 members (excludes halogenated alkanes) is 5. The fraction of sp³-hybridized carbons (Fsp3) is 0.917. The topological polar surface area (TPSA) is 0 Å². The second kappa shape index (κ2) is 10.2. The molecule has 0 aliphatic heterocycles. The van der Waals surface area contributed by atoms with Gasteiger partial charge in [0.1, 0.15) is 0 Å². The van der Waals surface area contributed by atoms with Crippen LogP contribution in [0.1, 0.15) is 65.2 Å². The van der Waals surface area contributed by atoms with Gasteiger partial charge in [-0.25, -0.2) is 0 Å². The molecular weight excluding hydrogens is 176 g/mol. The first-order valence-electron chi connectivity index (χ1n) is 5.66. The quantitative estimate of drug-likeness (QED) is 0.385. The predicted molar refractivity (Wildman–Crippen MR) is 64.4 cm³/mol. The first-order chi connectivity index (χ1) is 6.31. The van der Waals surface area contributed by atoms with Gasteiger partial charge in [0.15, 0.2) is 0 Å². The van der Waals surface area contributed by atoms with E-state index in [0.29, 0.717) is 0 Å². The van der Waals surface area contributed by atoms with Gasteiger partial charge in [0.05, 0.1) is 0 Å². The molecule has 0 nitrogen and oxygen atoms in total. The van der Waals surface area contributed by atoms with Gasteiger partial charge >= 0.3 is 0 Å². The first-order valence-corrected chi connectivity index (χ1v) is 6.07. The van der Waals surface area contributed by atoms with Crippen molar-refractivity contribution >= 4 is 17.6 Å². The van der Waals surface area contributed by atoms with Gasteiger partial charge in [-0.3, -0.25) is 0 Å². The zero-order valence-corrected chi connectivity index (χ0v) is 9.96. The van der Waals surface area contributed by atoms with E-state index >= 15 is 0 Å². The molecule has 0 fully saturated rings. The van der Waals surface area contributed by atoms with Crippen molar-refractivity contribution in [2.45, 2.75) is 65.2 Å². The van der Waals surface area contributed by atoms with Gasteiger partial charge < -0.3 is 0 Å². The summed E-state index contributed by atoms with van der Waals surface area (Å²) < 4.78 is 0. The van der Waals surface area contributed by atoms with E-state index in [1.165, 1.54) is 44.9 Å². The molecule has 0 aliphatic rings. The third-order valence-corrected chi connectivity index (χ3v) is 2.65. The average molecular weight is 199 g/mol. The van der Waals surface area contributed by atoms with Crippen LogP contribution in [0.3, 0.4) is 0 Å². The van der Waals surface area contributed by atoms with Gasteiger partial charge in [0, 0.05) is 5.37 Å². The van der Waals surface area contributed by atoms with Crippen LogP contribution in [-0.2, 0) is 0 Å². The predicted octanol–water partition coefficient (Wildman–Crippen LogP) is 4.64. The van der Waals surface area contributed by atoms with Crippen molar-refractivity contribution in [1.82, 2.24) is 0 Å². The molecule has 0 heterocycles. The third kappa shape index (κ3) is 10.0. The molecule has 0 saturated carbocycles. The largest absolute Gasteiger partial charge is 0.0837 e. The Morgan fingerprint density at radius 1 is 1.08 bits per heavy atom. The maximum atomic E-state index is 4.71. The summed E-state index contributed by atoms with van der Waals surface area (Å²) in [6.07, 6.45) is 10.7. The lowest BCUT2D eigenvalue weighted by atomic mass is 10.00. The highest BCUT2D eigenvalue weighted by Crippen LogP contribution is 2.13. The van der Waals surface area contributed by atoms with Crippen LogP contribution >= 0.6 is 12.2 Å². The van der Waals surface area contributed by atoms with E-state index < -0.39 is 0 Å². The van der Waals surface area contributed by atoms with Gasteiger partial charge in [-0.15, -0.1) is 0 Å². The Balaban J connectivity index is 3.01. The molecule has 0 rings (SSSR count). The third-order valence-electron chi connectivity index (χ3n) is 2.48. The highest BCUT2D eigenvalue weighted by atomic mass is 32.1. The number of hydrogen-bond donors (Lipinski definition) is 0. The van der Waals surface area contributed by atoms with Crippen molar-refractivity contribution in [1.29, 1.82) is 0 Å². The zero-order valence-electron chi connectivity index (χ0n) is 9.14. The van der Waals surface area contributed by atoms with Gasteiger partial charge in [0.25, 0.3) is 0 Å². The summed E-state index contributed by atoms with van der Waals surface area (Å²) in [6.45, 7) is 4.53. The molecule has 0 N–H and O–H groups in total. The van der Waals surface area contributed by atoms with Gasteiger partial charge in [0.2, 0.25) is 0 Å². The molecule has 1 radical (unpaired) electrons. The molecule has 1 atom stereocenters. The minimum absolute atomic E-state index is 0.753. The molecule has 0 aromatic rings. The standard InChI is InChI=1S/C12H23S/c1-3-4-5-6-7-8-9-12(2)10-11-13/h12H,3-10H2,1-2H3. The van der Waals surface area contributed by atoms with Crippen LogP contribution < -0.4 is 0 Å². The minimum Gasteiger partial charge on any atom is -0.0837 e. The smallest absolute Gasteiger partial charge is 0.0294 e. The highest BCUT2D eigenvalue weighted by Gasteiger charge is 1.99. The summed E-state index contributed by atoms with van der Waals surface area (Å²) in [7, 11) is 0. The lowest BCUT2D eigenvalue weighted by Gasteiger charge is -2.06. The van der Waals surface area contributed by atoms with Crippen LogP contribution in [0, 0.1) is 5.92 Å². The van der Waals surface area contributed by atoms with Crippen molar-refractivity contribution in [3.8, 4) is 0 Å². The van der Waals surface area contributed by atoms with Crippen molar-refractivity contribution < 1.29 is 0 Å². The Kier molecular flexibility index (Phi) is 10.2. The van der Waals surface area contributed by atoms with Gasteiger partial charge in [-0.1, -0.05) is 71.0 Å². The van der Waals surface area contributed by atoms with Crippen molar-refractivity contribution in [3.05, 3.63) is 0 Å².